The van der Waals surface area contributed by atoms with Gasteiger partial charge in [0.05, 0.1) is 5.57 Å². The monoisotopic (exact) mass is 308 g/mol. The lowest BCUT2D eigenvalue weighted by atomic mass is 10.1. The Morgan fingerprint density at radius 2 is 2.31 bits per heavy atom. The number of hydrogen-bond acceptors (Lipinski definition) is 2. The Balaban J connectivity index is 2.83. The van der Waals surface area contributed by atoms with Crippen molar-refractivity contribution in [1.82, 2.24) is 0 Å². The molecule has 0 fully saturated rings. The van der Waals surface area contributed by atoms with Crippen LogP contribution in [0.2, 0.25) is 0 Å². The van der Waals surface area contributed by atoms with Crippen LogP contribution in [0.4, 0.5) is 0 Å². The molecule has 72 valence electrons. The van der Waals surface area contributed by atoms with Crippen LogP contribution in [0.25, 0.3) is 0 Å². The molecule has 2 nitrogen and oxygen atoms in total. The van der Waals surface area contributed by atoms with E-state index >= 15 is 0 Å². The minimum atomic E-state index is -0.242. The zero-order valence-corrected chi connectivity index (χ0v) is 10.4. The summed E-state index contributed by atoms with van der Waals surface area (Å²) in [6.45, 7) is 2.04. The summed E-state index contributed by atoms with van der Waals surface area (Å²) in [5, 5.41) is 0. The number of esters is 1. The van der Waals surface area contributed by atoms with Crippen LogP contribution < -0.4 is 0 Å². The van der Waals surface area contributed by atoms with Gasteiger partial charge >= 0.3 is 5.97 Å². The van der Waals surface area contributed by atoms with Gasteiger partial charge in [0.15, 0.2) is 6.10 Å². The maximum Gasteiger partial charge on any atom is 0.335 e. The number of ether oxygens (including phenoxy) is 1. The zero-order valence-electron chi connectivity index (χ0n) is 7.22. The van der Waals surface area contributed by atoms with Crippen molar-refractivity contribution >= 4 is 37.8 Å². The number of carbonyl (C=O) groups excluding carboxylic acids is 1. The summed E-state index contributed by atoms with van der Waals surface area (Å²) < 4.78 is 5.96. The van der Waals surface area contributed by atoms with Crippen LogP contribution in [0.5, 0.6) is 0 Å². The van der Waals surface area contributed by atoms with Gasteiger partial charge < -0.3 is 4.74 Å². The first kappa shape index (κ1) is 11.0. The van der Waals surface area contributed by atoms with E-state index < -0.39 is 0 Å². The molecule has 1 aliphatic rings. The van der Waals surface area contributed by atoms with Gasteiger partial charge in [-0.2, -0.15) is 0 Å². The molecule has 0 aromatic rings. The van der Waals surface area contributed by atoms with Crippen LogP contribution in [0.15, 0.2) is 21.1 Å². The molecule has 1 atom stereocenters. The Bertz CT molecular complexity index is 269. The first-order valence-electron chi connectivity index (χ1n) is 4.07. The number of carbonyl (C=O) groups is 1. The molecule has 1 heterocycles. The van der Waals surface area contributed by atoms with Gasteiger partial charge in [0, 0.05) is 4.48 Å². The number of cyclic esters (lactones) is 1. The predicted octanol–water partition coefficient (Wildman–Crippen LogP) is 3.27. The fourth-order valence-corrected chi connectivity index (χ4v) is 2.05. The molecule has 0 saturated heterocycles. The molecule has 1 unspecified atom stereocenters. The topological polar surface area (TPSA) is 26.3 Å². The summed E-state index contributed by atoms with van der Waals surface area (Å²) in [6.07, 6.45) is 3.26. The van der Waals surface area contributed by atoms with E-state index in [2.05, 4.69) is 31.9 Å². The van der Waals surface area contributed by atoms with Crippen molar-refractivity contribution < 1.29 is 9.53 Å². The molecule has 0 aromatic heterocycles. The highest BCUT2D eigenvalue weighted by Crippen LogP contribution is 2.31. The van der Waals surface area contributed by atoms with E-state index in [1.807, 2.05) is 6.92 Å². The van der Waals surface area contributed by atoms with E-state index in [0.29, 0.717) is 0 Å². The van der Waals surface area contributed by atoms with Crippen molar-refractivity contribution in [2.24, 2.45) is 0 Å². The second-order valence-corrected chi connectivity index (χ2v) is 4.10. The van der Waals surface area contributed by atoms with Crippen molar-refractivity contribution in [2.45, 2.75) is 25.9 Å². The summed E-state index contributed by atoms with van der Waals surface area (Å²) in [5.74, 6) is -0.204. The minimum absolute atomic E-state index is 0.204. The SMILES string of the molecule is CCCC1=C(Br)C(/C=C\Br)OC1=O. The number of hydrogen-bond donors (Lipinski definition) is 0. The normalized spacial score (nSPS) is 23.0. The lowest BCUT2D eigenvalue weighted by Crippen LogP contribution is -2.05. The molecule has 0 aliphatic carbocycles. The Hall–Kier alpha value is -0.0900. The van der Waals surface area contributed by atoms with E-state index in [-0.39, 0.29) is 12.1 Å². The van der Waals surface area contributed by atoms with E-state index in [0.717, 1.165) is 22.9 Å². The molecule has 0 saturated carbocycles. The molecular formula is C9H10Br2O2. The van der Waals surface area contributed by atoms with Crippen LogP contribution in [0.3, 0.4) is 0 Å². The fourth-order valence-electron chi connectivity index (χ4n) is 1.17. The molecular weight excluding hydrogens is 300 g/mol. The van der Waals surface area contributed by atoms with Crippen LogP contribution in [-0.2, 0) is 9.53 Å². The summed E-state index contributed by atoms with van der Waals surface area (Å²) >= 11 is 6.53. The molecule has 1 rings (SSSR count). The maximum atomic E-state index is 11.3. The molecule has 0 aromatic carbocycles. The average molecular weight is 310 g/mol. The average Bonchev–Trinajstić information content (AvgIpc) is 2.34. The molecule has 0 amide bonds. The van der Waals surface area contributed by atoms with Crippen molar-refractivity contribution in [3.8, 4) is 0 Å². The third-order valence-electron chi connectivity index (χ3n) is 1.77. The van der Waals surface area contributed by atoms with Gasteiger partial charge in [0.2, 0.25) is 0 Å². The maximum absolute atomic E-state index is 11.3. The van der Waals surface area contributed by atoms with E-state index in [4.69, 9.17) is 4.74 Å². The molecule has 0 spiro atoms. The van der Waals surface area contributed by atoms with Crippen LogP contribution in [0.1, 0.15) is 19.8 Å². The van der Waals surface area contributed by atoms with Crippen LogP contribution in [0, 0.1) is 0 Å². The van der Waals surface area contributed by atoms with E-state index in [1.165, 1.54) is 0 Å². The van der Waals surface area contributed by atoms with Gasteiger partial charge in [-0.15, -0.1) is 0 Å². The van der Waals surface area contributed by atoms with Crippen molar-refractivity contribution in [1.29, 1.82) is 0 Å². The highest BCUT2D eigenvalue weighted by atomic mass is 79.9. The smallest absolute Gasteiger partial charge is 0.335 e. The fraction of sp³-hybridized carbons (Fsp3) is 0.444. The van der Waals surface area contributed by atoms with Gasteiger partial charge in [-0.1, -0.05) is 45.2 Å². The number of rotatable bonds is 3. The molecule has 0 bridgehead atoms. The van der Waals surface area contributed by atoms with Crippen LogP contribution in [-0.4, -0.2) is 12.1 Å². The van der Waals surface area contributed by atoms with E-state index in [1.54, 1.807) is 11.1 Å². The Morgan fingerprint density at radius 1 is 1.62 bits per heavy atom. The van der Waals surface area contributed by atoms with Crippen molar-refractivity contribution in [3.05, 3.63) is 21.1 Å². The van der Waals surface area contributed by atoms with Crippen molar-refractivity contribution in [2.75, 3.05) is 0 Å². The van der Waals surface area contributed by atoms with Crippen molar-refractivity contribution in [3.63, 3.8) is 0 Å². The van der Waals surface area contributed by atoms with Gasteiger partial charge in [-0.25, -0.2) is 4.79 Å². The molecule has 1 aliphatic heterocycles. The summed E-state index contributed by atoms with van der Waals surface area (Å²) in [5.41, 5.74) is 0.762. The standard InChI is InChI=1S/C9H10Br2O2/c1-2-3-6-8(11)7(4-5-10)13-9(6)12/h4-5,7H,2-3H2,1H3/b5-4-. The van der Waals surface area contributed by atoms with E-state index in [9.17, 15) is 4.79 Å². The Kier molecular flexibility index (Phi) is 4.19. The quantitative estimate of drug-likeness (QED) is 0.748. The molecule has 13 heavy (non-hydrogen) atoms. The largest absolute Gasteiger partial charge is 0.449 e. The zero-order chi connectivity index (χ0) is 9.84. The lowest BCUT2D eigenvalue weighted by molar-refractivity contribution is -0.138. The highest BCUT2D eigenvalue weighted by Gasteiger charge is 2.29. The highest BCUT2D eigenvalue weighted by molar-refractivity contribution is 9.12. The van der Waals surface area contributed by atoms with Gasteiger partial charge in [0.25, 0.3) is 0 Å². The first-order valence-corrected chi connectivity index (χ1v) is 5.78. The number of halogens is 2. The minimum Gasteiger partial charge on any atom is -0.449 e. The molecule has 0 N–H and O–H groups in total. The second kappa shape index (κ2) is 4.96. The lowest BCUT2D eigenvalue weighted by Gasteiger charge is -2.02. The first-order chi connectivity index (χ1) is 6.20. The van der Waals surface area contributed by atoms with Gasteiger partial charge in [-0.05, 0) is 17.5 Å². The predicted molar refractivity (Wildman–Crippen MR) is 58.8 cm³/mol. The van der Waals surface area contributed by atoms with Gasteiger partial charge in [0.1, 0.15) is 0 Å². The molecule has 4 heteroatoms. The summed E-state index contributed by atoms with van der Waals surface area (Å²) in [4.78, 5) is 13.0. The second-order valence-electron chi connectivity index (χ2n) is 2.72. The Morgan fingerprint density at radius 3 is 2.85 bits per heavy atom. The summed E-state index contributed by atoms with van der Waals surface area (Å²) in [6, 6.07) is 0. The third kappa shape index (κ3) is 2.44. The van der Waals surface area contributed by atoms with Crippen LogP contribution >= 0.6 is 31.9 Å². The Labute approximate surface area is 94.3 Å². The molecule has 0 radical (unpaired) electrons. The summed E-state index contributed by atoms with van der Waals surface area (Å²) in [7, 11) is 0. The third-order valence-corrected chi connectivity index (χ3v) is 3.00. The van der Waals surface area contributed by atoms with Gasteiger partial charge in [-0.3, -0.25) is 0 Å².